The summed E-state index contributed by atoms with van der Waals surface area (Å²) in [6.45, 7) is 12.5. The van der Waals surface area contributed by atoms with Crippen LogP contribution in [0.25, 0.3) is 0 Å². The SMILES string of the molecule is CCOc1cc(NCC(C(C)C)C(C)C)ncn1. The molecule has 0 amide bonds. The van der Waals surface area contributed by atoms with Gasteiger partial charge in [0.05, 0.1) is 6.61 Å². The highest BCUT2D eigenvalue weighted by atomic mass is 16.5. The highest BCUT2D eigenvalue weighted by Crippen LogP contribution is 2.21. The van der Waals surface area contributed by atoms with Crippen LogP contribution in [0.4, 0.5) is 5.82 Å². The van der Waals surface area contributed by atoms with Gasteiger partial charge in [0.15, 0.2) is 0 Å². The number of aromatic nitrogens is 2. The molecule has 1 N–H and O–H groups in total. The van der Waals surface area contributed by atoms with E-state index >= 15 is 0 Å². The average molecular weight is 251 g/mol. The number of nitrogens with one attached hydrogen (secondary N) is 1. The van der Waals surface area contributed by atoms with Crippen molar-refractivity contribution in [3.05, 3.63) is 12.4 Å². The van der Waals surface area contributed by atoms with Crippen LogP contribution in [0.1, 0.15) is 34.6 Å². The highest BCUT2D eigenvalue weighted by Gasteiger charge is 2.17. The van der Waals surface area contributed by atoms with Gasteiger partial charge in [0.2, 0.25) is 5.88 Å². The molecular weight excluding hydrogens is 226 g/mol. The minimum absolute atomic E-state index is 0.622. The molecule has 0 saturated carbocycles. The molecule has 4 heteroatoms. The summed E-state index contributed by atoms with van der Waals surface area (Å²) in [6, 6.07) is 1.85. The first-order valence-corrected chi connectivity index (χ1v) is 6.73. The second-order valence-electron chi connectivity index (χ2n) is 5.21. The van der Waals surface area contributed by atoms with E-state index < -0.39 is 0 Å². The predicted molar refractivity (Wildman–Crippen MR) is 74.9 cm³/mol. The van der Waals surface area contributed by atoms with Gasteiger partial charge in [-0.3, -0.25) is 0 Å². The van der Waals surface area contributed by atoms with E-state index in [1.807, 2.05) is 13.0 Å². The highest BCUT2D eigenvalue weighted by molar-refractivity contribution is 5.37. The Morgan fingerprint density at radius 1 is 1.17 bits per heavy atom. The van der Waals surface area contributed by atoms with E-state index in [9.17, 15) is 0 Å². The zero-order valence-electron chi connectivity index (χ0n) is 12.1. The van der Waals surface area contributed by atoms with Crippen molar-refractivity contribution in [2.75, 3.05) is 18.5 Å². The average Bonchev–Trinajstić information content (AvgIpc) is 2.29. The second kappa shape index (κ2) is 7.19. The molecule has 1 rings (SSSR count). The number of nitrogens with zero attached hydrogens (tertiary/aromatic N) is 2. The minimum atomic E-state index is 0.622. The molecule has 0 aliphatic carbocycles. The summed E-state index contributed by atoms with van der Waals surface area (Å²) >= 11 is 0. The van der Waals surface area contributed by atoms with Crippen LogP contribution in [0.5, 0.6) is 5.88 Å². The molecule has 1 heterocycles. The van der Waals surface area contributed by atoms with Crippen molar-refractivity contribution in [1.82, 2.24) is 9.97 Å². The molecular formula is C14H25N3O. The Kier molecular flexibility index (Phi) is 5.89. The lowest BCUT2D eigenvalue weighted by molar-refractivity contribution is 0.304. The van der Waals surface area contributed by atoms with Gasteiger partial charge in [-0.15, -0.1) is 0 Å². The van der Waals surface area contributed by atoms with Gasteiger partial charge in [0.25, 0.3) is 0 Å². The molecule has 102 valence electrons. The first-order chi connectivity index (χ1) is 8.54. The Balaban J connectivity index is 2.59. The van der Waals surface area contributed by atoms with Gasteiger partial charge in [0, 0.05) is 12.6 Å². The van der Waals surface area contributed by atoms with Crippen molar-refractivity contribution in [3.8, 4) is 5.88 Å². The van der Waals surface area contributed by atoms with Gasteiger partial charge >= 0.3 is 0 Å². The third-order valence-corrected chi connectivity index (χ3v) is 3.17. The monoisotopic (exact) mass is 251 g/mol. The normalized spacial score (nSPS) is 11.3. The Morgan fingerprint density at radius 3 is 2.39 bits per heavy atom. The predicted octanol–water partition coefficient (Wildman–Crippen LogP) is 3.22. The molecule has 4 nitrogen and oxygen atoms in total. The van der Waals surface area contributed by atoms with E-state index in [1.165, 1.54) is 6.33 Å². The molecule has 1 aromatic heterocycles. The molecule has 0 aromatic carbocycles. The van der Waals surface area contributed by atoms with Crippen molar-refractivity contribution in [3.63, 3.8) is 0 Å². The lowest BCUT2D eigenvalue weighted by Crippen LogP contribution is -2.24. The van der Waals surface area contributed by atoms with E-state index in [2.05, 4.69) is 43.0 Å². The summed E-state index contributed by atoms with van der Waals surface area (Å²) in [6.07, 6.45) is 1.53. The Morgan fingerprint density at radius 2 is 1.83 bits per heavy atom. The fourth-order valence-electron chi connectivity index (χ4n) is 2.13. The Bertz CT molecular complexity index is 345. The molecule has 0 bridgehead atoms. The van der Waals surface area contributed by atoms with E-state index in [-0.39, 0.29) is 0 Å². The lowest BCUT2D eigenvalue weighted by atomic mass is 9.85. The smallest absolute Gasteiger partial charge is 0.218 e. The summed E-state index contributed by atoms with van der Waals surface area (Å²) in [5.74, 6) is 3.41. The molecule has 0 saturated heterocycles. The molecule has 0 aliphatic heterocycles. The van der Waals surface area contributed by atoms with Crippen LogP contribution >= 0.6 is 0 Å². The summed E-state index contributed by atoms with van der Waals surface area (Å²) in [5.41, 5.74) is 0. The first-order valence-electron chi connectivity index (χ1n) is 6.73. The van der Waals surface area contributed by atoms with Crippen molar-refractivity contribution >= 4 is 5.82 Å². The lowest BCUT2D eigenvalue weighted by Gasteiger charge is -2.25. The van der Waals surface area contributed by atoms with Crippen molar-refractivity contribution in [1.29, 1.82) is 0 Å². The first kappa shape index (κ1) is 14.7. The van der Waals surface area contributed by atoms with Gasteiger partial charge in [-0.1, -0.05) is 27.7 Å². The number of anilines is 1. The minimum Gasteiger partial charge on any atom is -0.478 e. The van der Waals surface area contributed by atoms with Gasteiger partial charge in [0.1, 0.15) is 12.1 Å². The maximum atomic E-state index is 5.36. The fraction of sp³-hybridized carbons (Fsp3) is 0.714. The molecule has 0 aliphatic rings. The van der Waals surface area contributed by atoms with E-state index in [0.717, 1.165) is 12.4 Å². The van der Waals surface area contributed by atoms with Crippen LogP contribution in [0.2, 0.25) is 0 Å². The molecule has 18 heavy (non-hydrogen) atoms. The van der Waals surface area contributed by atoms with Crippen LogP contribution in [0.15, 0.2) is 12.4 Å². The Hall–Kier alpha value is -1.32. The summed E-state index contributed by atoms with van der Waals surface area (Å²) in [4.78, 5) is 8.26. The maximum Gasteiger partial charge on any atom is 0.218 e. The van der Waals surface area contributed by atoms with Gasteiger partial charge in [-0.2, -0.15) is 0 Å². The molecule has 0 atom stereocenters. The number of hydrogen-bond donors (Lipinski definition) is 1. The molecule has 0 spiro atoms. The summed E-state index contributed by atoms with van der Waals surface area (Å²) < 4.78 is 5.36. The van der Waals surface area contributed by atoms with Crippen LogP contribution in [-0.4, -0.2) is 23.1 Å². The van der Waals surface area contributed by atoms with Crippen molar-refractivity contribution < 1.29 is 4.74 Å². The topological polar surface area (TPSA) is 47.0 Å². The van der Waals surface area contributed by atoms with Crippen molar-refractivity contribution in [2.24, 2.45) is 17.8 Å². The largest absolute Gasteiger partial charge is 0.478 e. The molecule has 0 fully saturated rings. The second-order valence-corrected chi connectivity index (χ2v) is 5.21. The van der Waals surface area contributed by atoms with E-state index in [1.54, 1.807) is 0 Å². The van der Waals surface area contributed by atoms with E-state index in [0.29, 0.717) is 30.2 Å². The number of rotatable bonds is 7. The van der Waals surface area contributed by atoms with Crippen molar-refractivity contribution in [2.45, 2.75) is 34.6 Å². The summed E-state index contributed by atoms with van der Waals surface area (Å²) in [5, 5.41) is 3.38. The van der Waals surface area contributed by atoms with Gasteiger partial charge < -0.3 is 10.1 Å². The van der Waals surface area contributed by atoms with Gasteiger partial charge in [-0.25, -0.2) is 9.97 Å². The fourth-order valence-corrected chi connectivity index (χ4v) is 2.13. The quantitative estimate of drug-likeness (QED) is 0.808. The summed E-state index contributed by atoms with van der Waals surface area (Å²) in [7, 11) is 0. The maximum absolute atomic E-state index is 5.36. The van der Waals surface area contributed by atoms with Gasteiger partial charge in [-0.05, 0) is 24.7 Å². The molecule has 1 aromatic rings. The van der Waals surface area contributed by atoms with Crippen LogP contribution in [-0.2, 0) is 0 Å². The standard InChI is InChI=1S/C14H25N3O/c1-6-18-14-7-13(16-9-17-14)15-8-12(10(2)3)11(4)5/h7,9-12H,6,8H2,1-5H3,(H,15,16,17). The third kappa shape index (κ3) is 4.51. The number of ether oxygens (including phenoxy) is 1. The third-order valence-electron chi connectivity index (χ3n) is 3.17. The molecule has 0 unspecified atom stereocenters. The molecule has 0 radical (unpaired) electrons. The van der Waals surface area contributed by atoms with Crippen LogP contribution in [0, 0.1) is 17.8 Å². The Labute approximate surface area is 110 Å². The van der Waals surface area contributed by atoms with E-state index in [4.69, 9.17) is 4.74 Å². The zero-order valence-corrected chi connectivity index (χ0v) is 12.1. The van der Waals surface area contributed by atoms with Crippen LogP contribution < -0.4 is 10.1 Å². The zero-order chi connectivity index (χ0) is 13.5. The van der Waals surface area contributed by atoms with Crippen LogP contribution in [0.3, 0.4) is 0 Å². The number of hydrogen-bond acceptors (Lipinski definition) is 4.